The highest BCUT2D eigenvalue weighted by Crippen LogP contribution is 2.38. The molecule has 4 atom stereocenters. The van der Waals surface area contributed by atoms with E-state index >= 15 is 0 Å². The Balaban J connectivity index is 1.53. The molecule has 110 valence electrons. The molecule has 0 amide bonds. The maximum absolute atomic E-state index is 5.93. The lowest BCUT2D eigenvalue weighted by Crippen LogP contribution is -2.32. The van der Waals surface area contributed by atoms with Crippen molar-refractivity contribution in [1.82, 2.24) is 0 Å². The highest BCUT2D eigenvalue weighted by Gasteiger charge is 2.53. The first-order chi connectivity index (χ1) is 9.55. The predicted molar refractivity (Wildman–Crippen MR) is 74.3 cm³/mol. The van der Waals surface area contributed by atoms with Crippen LogP contribution in [0.1, 0.15) is 26.3 Å². The van der Waals surface area contributed by atoms with Crippen molar-refractivity contribution in [2.75, 3.05) is 6.61 Å². The number of fused-ring (bicyclic) bond motifs is 1. The van der Waals surface area contributed by atoms with Crippen LogP contribution < -0.4 is 0 Å². The zero-order valence-corrected chi connectivity index (χ0v) is 12.2. The second-order valence-electron chi connectivity index (χ2n) is 5.95. The Morgan fingerprint density at radius 2 is 1.80 bits per heavy atom. The summed E-state index contributed by atoms with van der Waals surface area (Å²) in [5, 5.41) is 0. The Hall–Kier alpha value is -0.940. The monoisotopic (exact) mass is 278 g/mol. The van der Waals surface area contributed by atoms with Crippen LogP contribution in [0.4, 0.5) is 0 Å². The van der Waals surface area contributed by atoms with Crippen molar-refractivity contribution in [2.24, 2.45) is 0 Å². The lowest BCUT2D eigenvalue weighted by Gasteiger charge is -2.23. The van der Waals surface area contributed by atoms with Gasteiger partial charge < -0.3 is 18.9 Å². The lowest BCUT2D eigenvalue weighted by atomic mass is 10.1. The molecule has 0 N–H and O–H groups in total. The van der Waals surface area contributed by atoms with Crippen molar-refractivity contribution < 1.29 is 18.9 Å². The summed E-state index contributed by atoms with van der Waals surface area (Å²) in [4.78, 5) is 0. The summed E-state index contributed by atoms with van der Waals surface area (Å²) in [6.07, 6.45) is -0.0290. The molecule has 1 aromatic rings. The average molecular weight is 278 g/mol. The summed E-state index contributed by atoms with van der Waals surface area (Å²) in [5.74, 6) is -0.523. The molecule has 0 bridgehead atoms. The maximum Gasteiger partial charge on any atom is 0.164 e. The van der Waals surface area contributed by atoms with Crippen molar-refractivity contribution in [2.45, 2.75) is 57.6 Å². The third kappa shape index (κ3) is 2.88. The molecule has 4 unspecified atom stereocenters. The lowest BCUT2D eigenvalue weighted by molar-refractivity contribution is -0.190. The van der Waals surface area contributed by atoms with Crippen LogP contribution in [-0.4, -0.2) is 36.8 Å². The standard InChI is InChI=1S/C16H22O4/c1-11-14-15(20-16(2,3)19-14)13(18-11)10-17-9-12-7-5-4-6-8-12/h4-8,11,13-15H,9-10H2,1-3H3. The number of hydrogen-bond donors (Lipinski definition) is 0. The molecule has 2 saturated heterocycles. The number of ether oxygens (including phenoxy) is 4. The van der Waals surface area contributed by atoms with Crippen LogP contribution in [0.15, 0.2) is 30.3 Å². The zero-order chi connectivity index (χ0) is 14.2. The van der Waals surface area contributed by atoms with Gasteiger partial charge in [0.1, 0.15) is 18.3 Å². The largest absolute Gasteiger partial charge is 0.374 e. The fourth-order valence-corrected chi connectivity index (χ4v) is 2.90. The van der Waals surface area contributed by atoms with Gasteiger partial charge in [-0.25, -0.2) is 0 Å². The molecule has 0 spiro atoms. The Morgan fingerprint density at radius 1 is 1.10 bits per heavy atom. The highest BCUT2D eigenvalue weighted by molar-refractivity contribution is 5.13. The third-order valence-electron chi connectivity index (χ3n) is 3.78. The van der Waals surface area contributed by atoms with Gasteiger partial charge in [0.25, 0.3) is 0 Å². The van der Waals surface area contributed by atoms with Gasteiger partial charge in [-0.2, -0.15) is 0 Å². The minimum absolute atomic E-state index is 0.00956. The normalized spacial score (nSPS) is 35.1. The van der Waals surface area contributed by atoms with Crippen molar-refractivity contribution in [1.29, 1.82) is 0 Å². The Morgan fingerprint density at radius 3 is 2.55 bits per heavy atom. The van der Waals surface area contributed by atoms with Gasteiger partial charge in [-0.1, -0.05) is 30.3 Å². The molecular weight excluding hydrogens is 256 g/mol. The second-order valence-corrected chi connectivity index (χ2v) is 5.95. The molecule has 0 saturated carbocycles. The minimum Gasteiger partial charge on any atom is -0.374 e. The van der Waals surface area contributed by atoms with Crippen molar-refractivity contribution in [3.05, 3.63) is 35.9 Å². The smallest absolute Gasteiger partial charge is 0.164 e. The fraction of sp³-hybridized carbons (Fsp3) is 0.625. The molecule has 2 aliphatic heterocycles. The molecule has 4 heteroatoms. The fourth-order valence-electron chi connectivity index (χ4n) is 2.90. The minimum atomic E-state index is -0.523. The Labute approximate surface area is 120 Å². The predicted octanol–water partition coefficient (Wildman–Crippen LogP) is 2.51. The molecule has 20 heavy (non-hydrogen) atoms. The molecule has 2 aliphatic rings. The molecular formula is C16H22O4. The van der Waals surface area contributed by atoms with Crippen LogP contribution in [0.2, 0.25) is 0 Å². The van der Waals surface area contributed by atoms with E-state index in [1.54, 1.807) is 0 Å². The topological polar surface area (TPSA) is 36.9 Å². The van der Waals surface area contributed by atoms with E-state index in [0.29, 0.717) is 13.2 Å². The Bertz CT molecular complexity index is 445. The van der Waals surface area contributed by atoms with Gasteiger partial charge in [-0.15, -0.1) is 0 Å². The van der Waals surface area contributed by atoms with E-state index in [0.717, 1.165) is 0 Å². The zero-order valence-electron chi connectivity index (χ0n) is 12.2. The van der Waals surface area contributed by atoms with E-state index in [9.17, 15) is 0 Å². The van der Waals surface area contributed by atoms with E-state index < -0.39 is 5.79 Å². The van der Waals surface area contributed by atoms with Gasteiger partial charge in [0.2, 0.25) is 0 Å². The van der Waals surface area contributed by atoms with Crippen LogP contribution in [0, 0.1) is 0 Å². The second kappa shape index (κ2) is 5.45. The summed E-state index contributed by atoms with van der Waals surface area (Å²) < 4.78 is 23.5. The van der Waals surface area contributed by atoms with Crippen molar-refractivity contribution in [3.63, 3.8) is 0 Å². The molecule has 1 aromatic carbocycles. The maximum atomic E-state index is 5.93. The van der Waals surface area contributed by atoms with E-state index in [1.807, 2.05) is 39.0 Å². The number of hydrogen-bond acceptors (Lipinski definition) is 4. The molecule has 0 aromatic heterocycles. The van der Waals surface area contributed by atoms with Crippen LogP contribution in [-0.2, 0) is 25.6 Å². The van der Waals surface area contributed by atoms with E-state index in [1.165, 1.54) is 5.56 Å². The molecule has 0 aliphatic carbocycles. The van der Waals surface area contributed by atoms with Gasteiger partial charge in [0, 0.05) is 0 Å². The molecule has 2 heterocycles. The van der Waals surface area contributed by atoms with E-state index in [4.69, 9.17) is 18.9 Å². The van der Waals surface area contributed by atoms with Crippen LogP contribution >= 0.6 is 0 Å². The van der Waals surface area contributed by atoms with E-state index in [-0.39, 0.29) is 24.4 Å². The SMILES string of the molecule is CC1OC(COCc2ccccc2)C2OC(C)(C)OC12. The highest BCUT2D eigenvalue weighted by atomic mass is 16.8. The first kappa shape index (κ1) is 14.0. The summed E-state index contributed by atoms with van der Waals surface area (Å²) in [5.41, 5.74) is 1.17. The van der Waals surface area contributed by atoms with Gasteiger partial charge in [0.05, 0.1) is 19.3 Å². The molecule has 0 radical (unpaired) electrons. The van der Waals surface area contributed by atoms with E-state index in [2.05, 4.69) is 12.1 Å². The van der Waals surface area contributed by atoms with Gasteiger partial charge in [-0.3, -0.25) is 0 Å². The van der Waals surface area contributed by atoms with Crippen LogP contribution in [0.3, 0.4) is 0 Å². The van der Waals surface area contributed by atoms with Crippen LogP contribution in [0.5, 0.6) is 0 Å². The van der Waals surface area contributed by atoms with Crippen molar-refractivity contribution in [3.8, 4) is 0 Å². The molecule has 2 fully saturated rings. The van der Waals surface area contributed by atoms with Gasteiger partial charge in [0.15, 0.2) is 5.79 Å². The van der Waals surface area contributed by atoms with Crippen LogP contribution in [0.25, 0.3) is 0 Å². The summed E-state index contributed by atoms with van der Waals surface area (Å²) in [6.45, 7) is 7.04. The summed E-state index contributed by atoms with van der Waals surface area (Å²) in [7, 11) is 0. The quantitative estimate of drug-likeness (QED) is 0.848. The van der Waals surface area contributed by atoms with Gasteiger partial charge >= 0.3 is 0 Å². The average Bonchev–Trinajstić information content (AvgIpc) is 2.87. The number of rotatable bonds is 4. The molecule has 4 nitrogen and oxygen atoms in total. The first-order valence-corrected chi connectivity index (χ1v) is 7.18. The van der Waals surface area contributed by atoms with Crippen molar-refractivity contribution >= 4 is 0 Å². The third-order valence-corrected chi connectivity index (χ3v) is 3.78. The summed E-state index contributed by atoms with van der Waals surface area (Å²) >= 11 is 0. The number of benzene rings is 1. The molecule has 3 rings (SSSR count). The van der Waals surface area contributed by atoms with Gasteiger partial charge in [-0.05, 0) is 26.3 Å². The Kier molecular flexibility index (Phi) is 3.82. The summed E-state index contributed by atoms with van der Waals surface area (Å²) in [6, 6.07) is 10.1. The first-order valence-electron chi connectivity index (χ1n) is 7.18.